The van der Waals surface area contributed by atoms with Crippen LogP contribution < -0.4 is 10.6 Å². The molecule has 0 saturated carbocycles. The fourth-order valence-corrected chi connectivity index (χ4v) is 3.03. The van der Waals surface area contributed by atoms with Gasteiger partial charge in [-0.25, -0.2) is 0 Å². The summed E-state index contributed by atoms with van der Waals surface area (Å²) in [6, 6.07) is 3.57. The molecule has 16 heteroatoms. The number of rotatable bonds is 30. The van der Waals surface area contributed by atoms with Gasteiger partial charge >= 0.3 is 0 Å². The number of carbonyl (C=O) groups is 1. The Bertz CT molecular complexity index is 932. The van der Waals surface area contributed by atoms with Gasteiger partial charge in [-0.1, -0.05) is 5.92 Å². The minimum absolute atomic E-state index is 0.137. The van der Waals surface area contributed by atoms with Crippen molar-refractivity contribution in [1.29, 1.82) is 0 Å². The van der Waals surface area contributed by atoms with Crippen molar-refractivity contribution < 1.29 is 47.6 Å². The highest BCUT2D eigenvalue weighted by atomic mass is 16.6. The number of hydrogen-bond acceptors (Lipinski definition) is 14. The first-order valence-electron chi connectivity index (χ1n) is 13.8. The molecule has 43 heavy (non-hydrogen) atoms. The molecular formula is C27H42N4O12. The number of nitro benzene ring substituents is 1. The van der Waals surface area contributed by atoms with Crippen molar-refractivity contribution in [3.05, 3.63) is 33.2 Å². The lowest BCUT2D eigenvalue weighted by Gasteiger charge is -2.10. The number of carbonyl (C=O) groups excluding carboxylic acids is 1. The molecule has 0 saturated heterocycles. The molecular weight excluding hydrogens is 572 g/mol. The first-order valence-corrected chi connectivity index (χ1v) is 13.8. The summed E-state index contributed by atoms with van der Waals surface area (Å²) < 4.78 is 42.8. The Morgan fingerprint density at radius 2 is 1.21 bits per heavy atom. The van der Waals surface area contributed by atoms with Gasteiger partial charge < -0.3 is 48.5 Å². The molecule has 0 aliphatic carbocycles. The second-order valence-corrected chi connectivity index (χ2v) is 8.30. The molecule has 2 N–H and O–H groups in total. The molecule has 0 fully saturated rings. The van der Waals surface area contributed by atoms with Gasteiger partial charge in [-0.2, -0.15) is 0 Å². The van der Waals surface area contributed by atoms with Crippen LogP contribution in [0.1, 0.15) is 0 Å². The quantitative estimate of drug-likeness (QED) is 0.0415. The molecule has 0 aliphatic heterocycles. The summed E-state index contributed by atoms with van der Waals surface area (Å²) in [6.07, 6.45) is 5.07. The van der Waals surface area contributed by atoms with Crippen LogP contribution in [0.5, 0.6) is 0 Å². The third-order valence-electron chi connectivity index (χ3n) is 5.09. The lowest BCUT2D eigenvalue weighted by atomic mass is 10.2. The number of nitro groups is 1. The Hall–Kier alpha value is -3.27. The molecule has 0 aliphatic rings. The molecule has 242 valence electrons. The van der Waals surface area contributed by atoms with Crippen molar-refractivity contribution in [2.75, 3.05) is 124 Å². The van der Waals surface area contributed by atoms with E-state index < -0.39 is 4.92 Å². The average Bonchev–Trinajstić information content (AvgIpc) is 3.01. The number of ether oxygens (including phenoxy) is 8. The number of non-ortho nitro benzene ring substituents is 1. The Labute approximate surface area is 251 Å². The van der Waals surface area contributed by atoms with E-state index in [9.17, 15) is 19.8 Å². The van der Waals surface area contributed by atoms with Gasteiger partial charge in [0.15, 0.2) is 0 Å². The number of hydrogen-bond donors (Lipinski definition) is 2. The number of nitroso groups, excluding NO2 is 1. The molecule has 0 unspecified atom stereocenters. The van der Waals surface area contributed by atoms with Crippen LogP contribution in [0.15, 0.2) is 23.4 Å². The Kier molecular flexibility index (Phi) is 24.2. The SMILES string of the molecule is C#CCOCCOCCOCCOCCOCCOCCOCCOCCNC(=O)CNc1ccc([N+](=O)[O-])cc1N=O. The van der Waals surface area contributed by atoms with Crippen molar-refractivity contribution in [3.63, 3.8) is 0 Å². The van der Waals surface area contributed by atoms with Crippen LogP contribution >= 0.6 is 0 Å². The van der Waals surface area contributed by atoms with Crippen molar-refractivity contribution in [2.24, 2.45) is 5.18 Å². The van der Waals surface area contributed by atoms with Gasteiger partial charge in [0, 0.05) is 18.7 Å². The second-order valence-electron chi connectivity index (χ2n) is 8.30. The normalized spacial score (nSPS) is 10.8. The average molecular weight is 615 g/mol. The predicted molar refractivity (Wildman–Crippen MR) is 155 cm³/mol. The minimum Gasteiger partial charge on any atom is -0.377 e. The number of amides is 1. The summed E-state index contributed by atoms with van der Waals surface area (Å²) in [6.45, 7) is 7.04. The maximum Gasteiger partial charge on any atom is 0.271 e. The number of anilines is 1. The molecule has 0 radical (unpaired) electrons. The van der Waals surface area contributed by atoms with Crippen LogP contribution in [0.25, 0.3) is 0 Å². The predicted octanol–water partition coefficient (Wildman–Crippen LogP) is 1.29. The Morgan fingerprint density at radius 3 is 1.63 bits per heavy atom. The van der Waals surface area contributed by atoms with Gasteiger partial charge in [0.1, 0.15) is 12.3 Å². The van der Waals surface area contributed by atoms with E-state index in [-0.39, 0.29) is 42.7 Å². The summed E-state index contributed by atoms with van der Waals surface area (Å²) in [5, 5.41) is 18.9. The highest BCUT2D eigenvalue weighted by Gasteiger charge is 2.12. The largest absolute Gasteiger partial charge is 0.377 e. The summed E-state index contributed by atoms with van der Waals surface area (Å²) in [7, 11) is 0. The third kappa shape index (κ3) is 22.0. The van der Waals surface area contributed by atoms with Crippen LogP contribution in [-0.4, -0.2) is 130 Å². The molecule has 1 amide bonds. The summed E-state index contributed by atoms with van der Waals surface area (Å²) >= 11 is 0. The van der Waals surface area contributed by atoms with Gasteiger partial charge in [0.25, 0.3) is 5.69 Å². The molecule has 0 heterocycles. The topological polar surface area (TPSA) is 188 Å². The zero-order valence-electron chi connectivity index (χ0n) is 24.3. The molecule has 0 aromatic heterocycles. The second kappa shape index (κ2) is 27.6. The van der Waals surface area contributed by atoms with Crippen molar-refractivity contribution in [3.8, 4) is 12.3 Å². The molecule has 1 aromatic rings. The van der Waals surface area contributed by atoms with E-state index in [0.717, 1.165) is 6.07 Å². The zero-order valence-corrected chi connectivity index (χ0v) is 24.3. The molecule has 0 atom stereocenters. The smallest absolute Gasteiger partial charge is 0.271 e. The van der Waals surface area contributed by atoms with Crippen molar-refractivity contribution >= 4 is 23.0 Å². The van der Waals surface area contributed by atoms with E-state index in [0.29, 0.717) is 99.1 Å². The van der Waals surface area contributed by atoms with E-state index >= 15 is 0 Å². The highest BCUT2D eigenvalue weighted by Crippen LogP contribution is 2.29. The first-order chi connectivity index (χ1) is 21.1. The van der Waals surface area contributed by atoms with Crippen LogP contribution in [-0.2, 0) is 42.7 Å². The van der Waals surface area contributed by atoms with Crippen molar-refractivity contribution in [1.82, 2.24) is 5.32 Å². The van der Waals surface area contributed by atoms with E-state index in [4.69, 9.17) is 44.3 Å². The zero-order chi connectivity index (χ0) is 31.2. The standard InChI is InChI=1S/C27H42N4O12/c1-2-6-36-8-10-38-12-14-40-16-18-42-20-21-43-19-17-41-15-13-39-11-9-37-7-5-28-27(32)23-29-25-4-3-24(31(34)35)22-26(25)30-33/h1,3-4,22,29H,5-21,23H2,(H,28,32). The van der Waals surface area contributed by atoms with Gasteiger partial charge in [0.05, 0.1) is 116 Å². The molecule has 1 aromatic carbocycles. The summed E-state index contributed by atoms with van der Waals surface area (Å²) in [4.78, 5) is 32.9. The number of nitrogens with zero attached hydrogens (tertiary/aromatic N) is 2. The van der Waals surface area contributed by atoms with Gasteiger partial charge in [-0.15, -0.1) is 11.3 Å². The first kappa shape index (κ1) is 37.8. The van der Waals surface area contributed by atoms with Crippen LogP contribution in [0.4, 0.5) is 17.1 Å². The van der Waals surface area contributed by atoms with Gasteiger partial charge in [0.2, 0.25) is 5.91 Å². The molecule has 0 bridgehead atoms. The maximum atomic E-state index is 11.9. The number of benzene rings is 1. The maximum absolute atomic E-state index is 11.9. The molecule has 0 spiro atoms. The van der Waals surface area contributed by atoms with E-state index in [2.05, 4.69) is 21.7 Å². The molecule has 1 rings (SSSR count). The molecule has 16 nitrogen and oxygen atoms in total. The fourth-order valence-electron chi connectivity index (χ4n) is 3.03. The summed E-state index contributed by atoms with van der Waals surface area (Å²) in [5.74, 6) is 2.04. The third-order valence-corrected chi connectivity index (χ3v) is 5.09. The fraction of sp³-hybridized carbons (Fsp3) is 0.667. The van der Waals surface area contributed by atoms with E-state index in [1.807, 2.05) is 0 Å². The number of terminal acetylenes is 1. The van der Waals surface area contributed by atoms with Gasteiger partial charge in [-0.05, 0) is 11.2 Å². The van der Waals surface area contributed by atoms with Crippen molar-refractivity contribution in [2.45, 2.75) is 0 Å². The highest BCUT2D eigenvalue weighted by molar-refractivity contribution is 5.82. The Morgan fingerprint density at radius 1 is 0.767 bits per heavy atom. The van der Waals surface area contributed by atoms with Gasteiger partial charge in [-0.3, -0.25) is 14.9 Å². The van der Waals surface area contributed by atoms with E-state index in [1.54, 1.807) is 0 Å². The Balaban J connectivity index is 1.79. The lowest BCUT2D eigenvalue weighted by Crippen LogP contribution is -2.32. The minimum atomic E-state index is -0.635. The monoisotopic (exact) mass is 614 g/mol. The van der Waals surface area contributed by atoms with Crippen LogP contribution in [0, 0.1) is 27.4 Å². The summed E-state index contributed by atoms with van der Waals surface area (Å²) in [5.41, 5.74) is -0.191. The van der Waals surface area contributed by atoms with Crippen LogP contribution in [0.3, 0.4) is 0 Å². The lowest BCUT2D eigenvalue weighted by molar-refractivity contribution is -0.384. The van der Waals surface area contributed by atoms with E-state index in [1.165, 1.54) is 12.1 Å². The number of nitrogens with one attached hydrogen (secondary N) is 2. The van der Waals surface area contributed by atoms with Crippen LogP contribution in [0.2, 0.25) is 0 Å².